The molecule has 12 heteroatoms. The van der Waals surface area contributed by atoms with Gasteiger partial charge in [-0.15, -0.1) is 0 Å². The second-order valence-electron chi connectivity index (χ2n) is 6.04. The predicted octanol–water partition coefficient (Wildman–Crippen LogP) is 3.60. The van der Waals surface area contributed by atoms with E-state index in [1.807, 2.05) is 24.3 Å². The highest BCUT2D eigenvalue weighted by atomic mass is 127. The summed E-state index contributed by atoms with van der Waals surface area (Å²) in [5.74, 6) is -1.72. The van der Waals surface area contributed by atoms with Crippen LogP contribution in [-0.4, -0.2) is 22.3 Å². The number of hydrogen-bond donors (Lipinski definition) is 1. The van der Waals surface area contributed by atoms with E-state index in [4.69, 9.17) is 4.42 Å². The second-order valence-corrected chi connectivity index (χ2v) is 9.63. The van der Waals surface area contributed by atoms with Gasteiger partial charge in [0.1, 0.15) is 17.0 Å². The van der Waals surface area contributed by atoms with E-state index in [9.17, 15) is 17.6 Å². The number of fused-ring (bicyclic) bond motifs is 1. The smallest absolute Gasteiger partial charge is 0.408 e. The molecule has 4 rings (SSSR count). The summed E-state index contributed by atoms with van der Waals surface area (Å²) in [5.41, 5.74) is 0.981. The summed E-state index contributed by atoms with van der Waals surface area (Å²) < 4.78 is 53.1. The summed E-state index contributed by atoms with van der Waals surface area (Å²) in [5, 5.41) is -0.00389. The molecule has 0 spiro atoms. The van der Waals surface area contributed by atoms with Crippen molar-refractivity contribution in [3.63, 3.8) is 0 Å². The van der Waals surface area contributed by atoms with Crippen molar-refractivity contribution in [1.82, 2.24) is 13.9 Å². The SMILES string of the molecule is C[C@H](c1ccccc1I)n1c(=O)oc2cc(S(=O)(=O)Nc3ncns3)c(F)cc21. The van der Waals surface area contributed by atoms with Crippen LogP contribution in [0.2, 0.25) is 0 Å². The molecule has 0 fully saturated rings. The van der Waals surface area contributed by atoms with Gasteiger partial charge in [-0.1, -0.05) is 18.2 Å². The lowest BCUT2D eigenvalue weighted by molar-refractivity contribution is 0.489. The molecule has 0 saturated carbocycles. The summed E-state index contributed by atoms with van der Waals surface area (Å²) >= 11 is 2.96. The van der Waals surface area contributed by atoms with Gasteiger partial charge in [-0.05, 0) is 41.1 Å². The lowest BCUT2D eigenvalue weighted by atomic mass is 10.1. The van der Waals surface area contributed by atoms with Gasteiger partial charge in [-0.3, -0.25) is 9.29 Å². The number of anilines is 1. The molecule has 0 aliphatic heterocycles. The second kappa shape index (κ2) is 7.50. The van der Waals surface area contributed by atoms with Gasteiger partial charge in [0, 0.05) is 27.2 Å². The first kappa shape index (κ1) is 20.0. The van der Waals surface area contributed by atoms with Crippen molar-refractivity contribution in [2.75, 3.05) is 4.72 Å². The van der Waals surface area contributed by atoms with Gasteiger partial charge in [-0.25, -0.2) is 22.6 Å². The molecule has 0 aliphatic carbocycles. The number of benzene rings is 2. The lowest BCUT2D eigenvalue weighted by Crippen LogP contribution is -2.20. The number of aromatic nitrogens is 3. The molecule has 4 aromatic rings. The van der Waals surface area contributed by atoms with E-state index in [0.29, 0.717) is 0 Å². The molecule has 0 saturated heterocycles. The fourth-order valence-electron chi connectivity index (χ4n) is 2.95. The van der Waals surface area contributed by atoms with Crippen LogP contribution in [0.4, 0.5) is 9.52 Å². The monoisotopic (exact) mass is 546 g/mol. The van der Waals surface area contributed by atoms with Gasteiger partial charge in [0.15, 0.2) is 5.58 Å². The Morgan fingerprint density at radius 2 is 2.07 bits per heavy atom. The van der Waals surface area contributed by atoms with Crippen molar-refractivity contribution in [2.45, 2.75) is 17.9 Å². The minimum atomic E-state index is -4.28. The Kier molecular flexibility index (Phi) is 5.16. The summed E-state index contributed by atoms with van der Waals surface area (Å²) in [6, 6.07) is 9.00. The highest BCUT2D eigenvalue weighted by Crippen LogP contribution is 2.29. The van der Waals surface area contributed by atoms with Crippen LogP contribution in [0.1, 0.15) is 18.5 Å². The average molecular weight is 546 g/mol. The fourth-order valence-corrected chi connectivity index (χ4v) is 5.52. The highest BCUT2D eigenvalue weighted by molar-refractivity contribution is 14.1. The van der Waals surface area contributed by atoms with E-state index >= 15 is 0 Å². The Balaban J connectivity index is 1.83. The summed E-state index contributed by atoms with van der Waals surface area (Å²) in [6.45, 7) is 1.79. The lowest BCUT2D eigenvalue weighted by Gasteiger charge is -2.15. The van der Waals surface area contributed by atoms with Gasteiger partial charge >= 0.3 is 5.76 Å². The molecule has 0 amide bonds. The fraction of sp³-hybridized carbons (Fsp3) is 0.118. The maximum atomic E-state index is 14.8. The van der Waals surface area contributed by atoms with E-state index in [-0.39, 0.29) is 16.2 Å². The molecule has 0 radical (unpaired) electrons. The van der Waals surface area contributed by atoms with Gasteiger partial charge in [-0.2, -0.15) is 4.37 Å². The van der Waals surface area contributed by atoms with Crippen LogP contribution >= 0.6 is 34.1 Å². The molecular weight excluding hydrogens is 534 g/mol. The summed E-state index contributed by atoms with van der Waals surface area (Å²) in [6.07, 6.45) is 1.17. The Hall–Kier alpha value is -2.32. The van der Waals surface area contributed by atoms with E-state index in [0.717, 1.165) is 32.8 Å². The largest absolute Gasteiger partial charge is 0.420 e. The maximum Gasteiger partial charge on any atom is 0.420 e. The molecule has 8 nitrogen and oxygen atoms in total. The third-order valence-corrected chi connectivity index (χ3v) is 7.33. The number of hydrogen-bond acceptors (Lipinski definition) is 7. The van der Waals surface area contributed by atoms with Gasteiger partial charge in [0.2, 0.25) is 5.13 Å². The van der Waals surface area contributed by atoms with Crippen molar-refractivity contribution in [3.05, 3.63) is 68.2 Å². The molecule has 2 heterocycles. The zero-order valence-electron chi connectivity index (χ0n) is 14.7. The first-order chi connectivity index (χ1) is 13.8. The standard InChI is InChI=1S/C17H12FIN4O4S2/c1-9(10-4-2-3-5-12(10)19)23-13-6-11(18)15(7-14(13)27-17(23)24)29(25,26)22-16-20-8-21-28-16/h2-9H,1H3,(H,20,21,22)/t9-/m1/s1. The van der Waals surface area contributed by atoms with E-state index < -0.39 is 32.5 Å². The molecule has 2 aromatic heterocycles. The van der Waals surface area contributed by atoms with Gasteiger partial charge < -0.3 is 4.42 Å². The number of sulfonamides is 1. The minimum Gasteiger partial charge on any atom is -0.408 e. The maximum absolute atomic E-state index is 14.8. The number of oxazole rings is 1. The van der Waals surface area contributed by atoms with Crippen LogP contribution in [0.3, 0.4) is 0 Å². The first-order valence-corrected chi connectivity index (χ1v) is 11.5. The molecule has 0 unspecified atom stereocenters. The Morgan fingerprint density at radius 1 is 1.31 bits per heavy atom. The quantitative estimate of drug-likeness (QED) is 0.384. The van der Waals surface area contributed by atoms with Crippen LogP contribution in [0.5, 0.6) is 0 Å². The molecule has 0 aliphatic rings. The molecule has 2 aromatic carbocycles. The topological polar surface area (TPSA) is 107 Å². The van der Waals surface area contributed by atoms with Crippen molar-refractivity contribution >= 4 is 60.4 Å². The summed E-state index contributed by atoms with van der Waals surface area (Å²) in [7, 11) is -4.28. The van der Waals surface area contributed by atoms with Gasteiger partial charge in [0.25, 0.3) is 10.0 Å². The normalized spacial score (nSPS) is 12.9. The zero-order valence-corrected chi connectivity index (χ0v) is 18.5. The highest BCUT2D eigenvalue weighted by Gasteiger charge is 2.25. The first-order valence-electron chi connectivity index (χ1n) is 8.16. The molecule has 150 valence electrons. The molecule has 0 bridgehead atoms. The van der Waals surface area contributed by atoms with Crippen LogP contribution in [0.15, 0.2) is 56.8 Å². The van der Waals surface area contributed by atoms with E-state index in [1.54, 1.807) is 6.92 Å². The zero-order chi connectivity index (χ0) is 20.8. The van der Waals surface area contributed by atoms with Crippen molar-refractivity contribution in [2.24, 2.45) is 0 Å². The minimum absolute atomic E-state index is 0.00389. The average Bonchev–Trinajstić information content (AvgIpc) is 3.27. The van der Waals surface area contributed by atoms with Crippen LogP contribution in [0, 0.1) is 9.39 Å². The van der Waals surface area contributed by atoms with Crippen LogP contribution in [-0.2, 0) is 10.0 Å². The molecule has 1 atom stereocenters. The Bertz CT molecular complexity index is 1370. The van der Waals surface area contributed by atoms with Gasteiger partial charge in [0.05, 0.1) is 11.6 Å². The number of nitrogens with one attached hydrogen (secondary N) is 1. The van der Waals surface area contributed by atoms with E-state index in [2.05, 4.69) is 36.7 Å². The van der Waals surface area contributed by atoms with Crippen LogP contribution < -0.4 is 10.5 Å². The third-order valence-electron chi connectivity index (χ3n) is 4.28. The molecule has 29 heavy (non-hydrogen) atoms. The van der Waals surface area contributed by atoms with Crippen molar-refractivity contribution < 1.29 is 17.2 Å². The van der Waals surface area contributed by atoms with Crippen molar-refractivity contribution in [1.29, 1.82) is 0 Å². The Morgan fingerprint density at radius 3 is 2.76 bits per heavy atom. The Labute approximate surface area is 181 Å². The molecular formula is C17H12FIN4O4S2. The number of halogens is 2. The number of rotatable bonds is 5. The van der Waals surface area contributed by atoms with Crippen molar-refractivity contribution in [3.8, 4) is 0 Å². The number of nitrogens with zero attached hydrogens (tertiary/aromatic N) is 3. The predicted molar refractivity (Wildman–Crippen MR) is 114 cm³/mol. The summed E-state index contributed by atoms with van der Waals surface area (Å²) in [4.78, 5) is 15.6. The van der Waals surface area contributed by atoms with E-state index in [1.165, 1.54) is 10.9 Å². The van der Waals surface area contributed by atoms with Crippen LogP contribution in [0.25, 0.3) is 11.1 Å². The molecule has 1 N–H and O–H groups in total. The third kappa shape index (κ3) is 3.67.